The summed E-state index contributed by atoms with van der Waals surface area (Å²) in [4.78, 5) is 27.2. The van der Waals surface area contributed by atoms with Crippen molar-refractivity contribution in [2.75, 3.05) is 6.61 Å². The maximum atomic E-state index is 12.5. The zero-order valence-electron chi connectivity index (χ0n) is 11.4. The van der Waals surface area contributed by atoms with Crippen LogP contribution < -0.4 is 5.43 Å². The minimum atomic E-state index is -0.638. The van der Waals surface area contributed by atoms with Gasteiger partial charge in [0.25, 0.3) is 0 Å². The third kappa shape index (κ3) is 2.20. The third-order valence-corrected chi connectivity index (χ3v) is 3.10. The van der Waals surface area contributed by atoms with Crippen LogP contribution in [0.25, 0.3) is 16.7 Å². The predicted octanol–water partition coefficient (Wildman–Crippen LogP) is 1.89. The lowest BCUT2D eigenvalue weighted by atomic mass is 10.2. The van der Waals surface area contributed by atoms with E-state index in [2.05, 4.69) is 10.1 Å². The van der Waals surface area contributed by atoms with Gasteiger partial charge in [-0.2, -0.15) is 5.10 Å². The zero-order valence-corrected chi connectivity index (χ0v) is 11.4. The lowest BCUT2D eigenvalue weighted by Crippen LogP contribution is -2.19. The Bertz CT molecular complexity index is 849. The number of carbonyl (C=O) groups is 1. The second-order valence-corrected chi connectivity index (χ2v) is 4.41. The van der Waals surface area contributed by atoms with Crippen LogP contribution in [-0.4, -0.2) is 27.3 Å². The predicted molar refractivity (Wildman–Crippen MR) is 77.6 cm³/mol. The number of nitrogens with one attached hydrogen (secondary N) is 1. The smallest absolute Gasteiger partial charge is 0.343 e. The lowest BCUT2D eigenvalue weighted by Gasteiger charge is -2.04. The van der Waals surface area contributed by atoms with E-state index in [-0.39, 0.29) is 12.2 Å². The van der Waals surface area contributed by atoms with Crippen molar-refractivity contribution in [1.82, 2.24) is 14.8 Å². The maximum Gasteiger partial charge on any atom is 0.343 e. The molecule has 106 valence electrons. The number of aromatic amines is 1. The molecule has 2 heterocycles. The minimum absolute atomic E-state index is 0.0259. The first-order valence-corrected chi connectivity index (χ1v) is 6.54. The Hall–Kier alpha value is -2.89. The van der Waals surface area contributed by atoms with Gasteiger partial charge in [0.05, 0.1) is 24.0 Å². The monoisotopic (exact) mass is 283 g/mol. The number of hydrogen-bond donors (Lipinski definition) is 1. The molecule has 0 amide bonds. The van der Waals surface area contributed by atoms with Crippen LogP contribution in [0.4, 0.5) is 0 Å². The van der Waals surface area contributed by atoms with E-state index in [1.54, 1.807) is 13.1 Å². The van der Waals surface area contributed by atoms with Crippen LogP contribution in [0, 0.1) is 0 Å². The molecule has 0 unspecified atom stereocenters. The van der Waals surface area contributed by atoms with Gasteiger partial charge >= 0.3 is 5.97 Å². The van der Waals surface area contributed by atoms with E-state index in [0.717, 1.165) is 5.69 Å². The van der Waals surface area contributed by atoms with Crippen molar-refractivity contribution in [3.8, 4) is 5.69 Å². The molecule has 0 radical (unpaired) electrons. The molecule has 0 spiro atoms. The van der Waals surface area contributed by atoms with Crippen LogP contribution in [0.2, 0.25) is 0 Å². The van der Waals surface area contributed by atoms with Crippen molar-refractivity contribution in [1.29, 1.82) is 0 Å². The maximum absolute atomic E-state index is 12.5. The van der Waals surface area contributed by atoms with Crippen LogP contribution in [0.15, 0.2) is 47.5 Å². The topological polar surface area (TPSA) is 77.0 Å². The van der Waals surface area contributed by atoms with Gasteiger partial charge in [-0.3, -0.25) is 4.79 Å². The van der Waals surface area contributed by atoms with Crippen molar-refractivity contribution in [2.45, 2.75) is 6.92 Å². The first-order valence-electron chi connectivity index (χ1n) is 6.54. The highest BCUT2D eigenvalue weighted by Crippen LogP contribution is 2.14. The molecule has 0 fully saturated rings. The SMILES string of the molecule is CCOC(=O)c1c[nH]c2cnn(-c3ccccc3)c2c1=O. The molecule has 0 aliphatic heterocycles. The van der Waals surface area contributed by atoms with Crippen molar-refractivity contribution < 1.29 is 9.53 Å². The highest BCUT2D eigenvalue weighted by atomic mass is 16.5. The van der Waals surface area contributed by atoms with E-state index >= 15 is 0 Å². The zero-order chi connectivity index (χ0) is 14.8. The molecule has 0 aliphatic carbocycles. The van der Waals surface area contributed by atoms with E-state index in [4.69, 9.17) is 4.74 Å². The van der Waals surface area contributed by atoms with Crippen molar-refractivity contribution in [2.24, 2.45) is 0 Å². The molecule has 6 nitrogen and oxygen atoms in total. The molecule has 3 aromatic rings. The Kier molecular flexibility index (Phi) is 3.27. The third-order valence-electron chi connectivity index (χ3n) is 3.10. The minimum Gasteiger partial charge on any atom is -0.462 e. The fraction of sp³-hybridized carbons (Fsp3) is 0.133. The fourth-order valence-corrected chi connectivity index (χ4v) is 2.14. The summed E-state index contributed by atoms with van der Waals surface area (Å²) < 4.78 is 6.40. The number of benzene rings is 1. The fourth-order valence-electron chi connectivity index (χ4n) is 2.14. The van der Waals surface area contributed by atoms with Gasteiger partial charge in [-0.25, -0.2) is 9.48 Å². The van der Waals surface area contributed by atoms with Gasteiger partial charge in [-0.15, -0.1) is 0 Å². The number of rotatable bonds is 3. The molecule has 0 bridgehead atoms. The molecule has 3 rings (SSSR count). The van der Waals surface area contributed by atoms with Crippen LogP contribution in [0.5, 0.6) is 0 Å². The molecular weight excluding hydrogens is 270 g/mol. The first-order chi connectivity index (χ1) is 10.2. The standard InChI is InChI=1S/C15H13N3O3/c1-2-21-15(20)11-8-16-12-9-17-18(13(12)14(11)19)10-6-4-3-5-7-10/h3-9H,2H2,1H3,(H,16,19). The number of esters is 1. The van der Waals surface area contributed by atoms with Crippen LogP contribution in [0.3, 0.4) is 0 Å². The van der Waals surface area contributed by atoms with Crippen LogP contribution in [0.1, 0.15) is 17.3 Å². The molecule has 2 aromatic heterocycles. The highest BCUT2D eigenvalue weighted by molar-refractivity contribution is 5.92. The van der Waals surface area contributed by atoms with Gasteiger partial charge in [0.15, 0.2) is 0 Å². The molecule has 0 atom stereocenters. The van der Waals surface area contributed by atoms with Gasteiger partial charge in [0.1, 0.15) is 11.1 Å². The van der Waals surface area contributed by atoms with Crippen molar-refractivity contribution in [3.63, 3.8) is 0 Å². The second kappa shape index (κ2) is 5.24. The number of nitrogens with zero attached hydrogens (tertiary/aromatic N) is 2. The largest absolute Gasteiger partial charge is 0.462 e. The Morgan fingerprint density at radius 3 is 2.81 bits per heavy atom. The summed E-state index contributed by atoms with van der Waals surface area (Å²) in [5.74, 6) is -0.638. The van der Waals surface area contributed by atoms with E-state index in [0.29, 0.717) is 11.0 Å². The molecular formula is C15H13N3O3. The van der Waals surface area contributed by atoms with Crippen molar-refractivity contribution in [3.05, 3.63) is 58.5 Å². The number of hydrogen-bond acceptors (Lipinski definition) is 4. The Balaban J connectivity index is 2.23. The molecule has 1 N–H and O–H groups in total. The number of para-hydroxylation sites is 1. The van der Waals surface area contributed by atoms with E-state index in [9.17, 15) is 9.59 Å². The number of H-pyrrole nitrogens is 1. The number of fused-ring (bicyclic) bond motifs is 1. The first kappa shape index (κ1) is 13.1. The summed E-state index contributed by atoms with van der Waals surface area (Å²) in [7, 11) is 0. The quantitative estimate of drug-likeness (QED) is 0.745. The number of aromatic nitrogens is 3. The Morgan fingerprint density at radius 1 is 1.33 bits per heavy atom. The second-order valence-electron chi connectivity index (χ2n) is 4.41. The number of ether oxygens (including phenoxy) is 1. The van der Waals surface area contributed by atoms with Crippen LogP contribution in [-0.2, 0) is 4.74 Å². The molecule has 21 heavy (non-hydrogen) atoms. The number of pyridine rings is 1. The molecule has 0 aliphatic rings. The van der Waals surface area contributed by atoms with Gasteiger partial charge in [0.2, 0.25) is 5.43 Å². The molecule has 0 saturated heterocycles. The van der Waals surface area contributed by atoms with Gasteiger partial charge in [-0.05, 0) is 19.1 Å². The number of carbonyl (C=O) groups excluding carboxylic acids is 1. The normalized spacial score (nSPS) is 10.7. The van der Waals surface area contributed by atoms with E-state index in [1.165, 1.54) is 10.9 Å². The lowest BCUT2D eigenvalue weighted by molar-refractivity contribution is 0.0524. The molecule has 1 aromatic carbocycles. The summed E-state index contributed by atoms with van der Waals surface area (Å²) in [6.45, 7) is 1.91. The highest BCUT2D eigenvalue weighted by Gasteiger charge is 2.17. The summed E-state index contributed by atoms with van der Waals surface area (Å²) >= 11 is 0. The van der Waals surface area contributed by atoms with Crippen LogP contribution >= 0.6 is 0 Å². The Labute approximate surface area is 120 Å². The average molecular weight is 283 g/mol. The van der Waals surface area contributed by atoms with Crippen molar-refractivity contribution >= 4 is 17.0 Å². The summed E-state index contributed by atoms with van der Waals surface area (Å²) in [6.07, 6.45) is 2.92. The summed E-state index contributed by atoms with van der Waals surface area (Å²) in [5, 5.41) is 4.21. The molecule has 6 heteroatoms. The summed E-state index contributed by atoms with van der Waals surface area (Å²) in [5.41, 5.74) is 1.22. The van der Waals surface area contributed by atoms with E-state index in [1.807, 2.05) is 30.3 Å². The van der Waals surface area contributed by atoms with E-state index < -0.39 is 11.4 Å². The van der Waals surface area contributed by atoms with Gasteiger partial charge < -0.3 is 9.72 Å². The molecule has 0 saturated carbocycles. The average Bonchev–Trinajstić information content (AvgIpc) is 2.93. The van der Waals surface area contributed by atoms with Gasteiger partial charge in [-0.1, -0.05) is 18.2 Å². The van der Waals surface area contributed by atoms with Gasteiger partial charge in [0, 0.05) is 6.20 Å². The Morgan fingerprint density at radius 2 is 2.10 bits per heavy atom. The summed E-state index contributed by atoms with van der Waals surface area (Å²) in [6, 6.07) is 9.26.